The highest BCUT2D eigenvalue weighted by Gasteiger charge is 2.14. The van der Waals surface area contributed by atoms with Crippen LogP contribution in [0.15, 0.2) is 52.4 Å². The molecule has 3 aromatic rings. The number of carbonyl (C=O) groups is 1. The van der Waals surface area contributed by atoms with Gasteiger partial charge in [-0.05, 0) is 55.2 Å². The van der Waals surface area contributed by atoms with E-state index < -0.39 is 0 Å². The molecule has 0 saturated carbocycles. The van der Waals surface area contributed by atoms with Crippen molar-refractivity contribution in [2.24, 2.45) is 5.92 Å². The zero-order valence-corrected chi connectivity index (χ0v) is 17.6. The van der Waals surface area contributed by atoms with Crippen molar-refractivity contribution in [1.82, 2.24) is 9.55 Å². The SMILES string of the molecule is Cc1cc(F)ccc1NC(=O)CSc1nc2ccccc2c(=O)n1CCC(C)C. The number of fused-ring (bicyclic) bond motifs is 1. The zero-order chi connectivity index (χ0) is 21.0. The molecule has 3 rings (SSSR count). The number of benzene rings is 2. The second kappa shape index (κ2) is 9.22. The van der Waals surface area contributed by atoms with Crippen molar-refractivity contribution in [2.45, 2.75) is 38.9 Å². The van der Waals surface area contributed by atoms with E-state index in [4.69, 9.17) is 0 Å². The second-order valence-electron chi connectivity index (χ2n) is 7.35. The number of aryl methyl sites for hydroxylation is 1. The van der Waals surface area contributed by atoms with Crippen LogP contribution in [-0.2, 0) is 11.3 Å². The number of anilines is 1. The predicted molar refractivity (Wildman–Crippen MR) is 116 cm³/mol. The monoisotopic (exact) mass is 413 g/mol. The van der Waals surface area contributed by atoms with Gasteiger partial charge < -0.3 is 5.32 Å². The lowest BCUT2D eigenvalue weighted by Gasteiger charge is -2.14. The number of nitrogens with one attached hydrogen (secondary N) is 1. The Hall–Kier alpha value is -2.67. The third-order valence-corrected chi connectivity index (χ3v) is 5.53. The largest absolute Gasteiger partial charge is 0.325 e. The maximum absolute atomic E-state index is 13.2. The van der Waals surface area contributed by atoms with Crippen molar-refractivity contribution in [3.05, 3.63) is 64.2 Å². The van der Waals surface area contributed by atoms with E-state index in [2.05, 4.69) is 24.1 Å². The predicted octanol–water partition coefficient (Wildman–Crippen LogP) is 4.62. The van der Waals surface area contributed by atoms with Crippen molar-refractivity contribution < 1.29 is 9.18 Å². The van der Waals surface area contributed by atoms with Crippen molar-refractivity contribution in [1.29, 1.82) is 0 Å². The lowest BCUT2D eigenvalue weighted by Crippen LogP contribution is -2.25. The van der Waals surface area contributed by atoms with E-state index in [-0.39, 0.29) is 23.0 Å². The van der Waals surface area contributed by atoms with Crippen LogP contribution in [0.3, 0.4) is 0 Å². The number of para-hydroxylation sites is 1. The summed E-state index contributed by atoms with van der Waals surface area (Å²) in [5.74, 6) is -0.0357. The molecule has 0 atom stereocenters. The van der Waals surface area contributed by atoms with E-state index in [0.29, 0.717) is 39.8 Å². The van der Waals surface area contributed by atoms with Gasteiger partial charge in [0.15, 0.2) is 5.16 Å². The van der Waals surface area contributed by atoms with Crippen LogP contribution in [0.4, 0.5) is 10.1 Å². The maximum atomic E-state index is 13.2. The van der Waals surface area contributed by atoms with E-state index in [1.165, 1.54) is 23.9 Å². The molecule has 0 spiro atoms. The second-order valence-corrected chi connectivity index (χ2v) is 8.29. The number of rotatable bonds is 7. The summed E-state index contributed by atoms with van der Waals surface area (Å²) in [6.07, 6.45) is 0.842. The van der Waals surface area contributed by atoms with Crippen molar-refractivity contribution >= 4 is 34.3 Å². The van der Waals surface area contributed by atoms with Gasteiger partial charge in [-0.3, -0.25) is 14.2 Å². The third kappa shape index (κ3) is 5.23. The summed E-state index contributed by atoms with van der Waals surface area (Å²) in [5, 5.41) is 3.89. The molecule has 0 fully saturated rings. The van der Waals surface area contributed by atoms with Crippen LogP contribution in [0.25, 0.3) is 10.9 Å². The Bertz CT molecular complexity index is 1100. The first-order chi connectivity index (χ1) is 13.8. The number of hydrogen-bond donors (Lipinski definition) is 1. The lowest BCUT2D eigenvalue weighted by molar-refractivity contribution is -0.113. The van der Waals surface area contributed by atoms with Crippen LogP contribution >= 0.6 is 11.8 Å². The summed E-state index contributed by atoms with van der Waals surface area (Å²) in [4.78, 5) is 30.0. The molecule has 1 heterocycles. The molecule has 0 radical (unpaired) electrons. The number of nitrogens with zero attached hydrogens (tertiary/aromatic N) is 2. The molecule has 0 aliphatic heterocycles. The van der Waals surface area contributed by atoms with E-state index in [0.717, 1.165) is 6.42 Å². The molecule has 29 heavy (non-hydrogen) atoms. The molecule has 0 saturated heterocycles. The van der Waals surface area contributed by atoms with Gasteiger partial charge in [-0.25, -0.2) is 9.37 Å². The normalized spacial score (nSPS) is 11.2. The van der Waals surface area contributed by atoms with Crippen LogP contribution < -0.4 is 10.9 Å². The topological polar surface area (TPSA) is 64.0 Å². The highest BCUT2D eigenvalue weighted by molar-refractivity contribution is 7.99. The minimum Gasteiger partial charge on any atom is -0.325 e. The summed E-state index contributed by atoms with van der Waals surface area (Å²) in [5.41, 5.74) is 1.76. The van der Waals surface area contributed by atoms with Gasteiger partial charge in [-0.2, -0.15) is 0 Å². The lowest BCUT2D eigenvalue weighted by atomic mass is 10.1. The molecular formula is C22H24FN3O2S. The smallest absolute Gasteiger partial charge is 0.262 e. The molecule has 5 nitrogen and oxygen atoms in total. The standard InChI is InChI=1S/C22H24FN3O2S/c1-14(2)10-11-26-21(28)17-6-4-5-7-19(17)25-22(26)29-13-20(27)24-18-9-8-16(23)12-15(18)3/h4-9,12,14H,10-11,13H2,1-3H3,(H,24,27). The molecule has 0 aliphatic rings. The Kier molecular flexibility index (Phi) is 6.69. The minimum absolute atomic E-state index is 0.0893. The first-order valence-corrected chi connectivity index (χ1v) is 10.5. The van der Waals surface area contributed by atoms with E-state index in [1.807, 2.05) is 12.1 Å². The molecule has 0 aliphatic carbocycles. The average molecular weight is 414 g/mol. The number of thioether (sulfide) groups is 1. The van der Waals surface area contributed by atoms with E-state index in [1.54, 1.807) is 29.7 Å². The summed E-state index contributed by atoms with van der Waals surface area (Å²) in [6, 6.07) is 11.5. The Morgan fingerprint density at radius 2 is 2.00 bits per heavy atom. The minimum atomic E-state index is -0.343. The summed E-state index contributed by atoms with van der Waals surface area (Å²) in [6.45, 7) is 6.49. The first-order valence-electron chi connectivity index (χ1n) is 9.53. The Balaban J connectivity index is 1.81. The Labute approximate surface area is 173 Å². The highest BCUT2D eigenvalue weighted by Crippen LogP contribution is 2.20. The van der Waals surface area contributed by atoms with E-state index >= 15 is 0 Å². The van der Waals surface area contributed by atoms with Crippen molar-refractivity contribution in [3.63, 3.8) is 0 Å². The number of carbonyl (C=O) groups excluding carboxylic acids is 1. The fourth-order valence-electron chi connectivity index (χ4n) is 2.93. The molecule has 7 heteroatoms. The summed E-state index contributed by atoms with van der Waals surface area (Å²) in [7, 11) is 0. The Morgan fingerprint density at radius 3 is 2.72 bits per heavy atom. The highest BCUT2D eigenvalue weighted by atomic mass is 32.2. The maximum Gasteiger partial charge on any atom is 0.262 e. The van der Waals surface area contributed by atoms with Gasteiger partial charge in [0.05, 0.1) is 16.7 Å². The van der Waals surface area contributed by atoms with Gasteiger partial charge >= 0.3 is 0 Å². The van der Waals surface area contributed by atoms with Gasteiger partial charge in [0.1, 0.15) is 5.82 Å². The Morgan fingerprint density at radius 1 is 1.24 bits per heavy atom. The summed E-state index contributed by atoms with van der Waals surface area (Å²) >= 11 is 1.23. The van der Waals surface area contributed by atoms with Crippen LogP contribution in [0.2, 0.25) is 0 Å². The molecule has 2 aromatic carbocycles. The third-order valence-electron chi connectivity index (χ3n) is 4.55. The molecule has 1 N–H and O–H groups in total. The quantitative estimate of drug-likeness (QED) is 0.453. The van der Waals surface area contributed by atoms with Crippen molar-refractivity contribution in [3.8, 4) is 0 Å². The summed E-state index contributed by atoms with van der Waals surface area (Å²) < 4.78 is 14.9. The van der Waals surface area contributed by atoms with Gasteiger partial charge in [0.25, 0.3) is 5.56 Å². The van der Waals surface area contributed by atoms with Crippen LogP contribution in [-0.4, -0.2) is 21.2 Å². The zero-order valence-electron chi connectivity index (χ0n) is 16.7. The average Bonchev–Trinajstić information content (AvgIpc) is 2.68. The van der Waals surface area contributed by atoms with Crippen molar-refractivity contribution in [2.75, 3.05) is 11.1 Å². The van der Waals surface area contributed by atoms with Crippen LogP contribution in [0.5, 0.6) is 0 Å². The van der Waals surface area contributed by atoms with E-state index in [9.17, 15) is 14.0 Å². The molecule has 0 bridgehead atoms. The fraction of sp³-hybridized carbons (Fsp3) is 0.318. The number of hydrogen-bond acceptors (Lipinski definition) is 4. The molecule has 1 aromatic heterocycles. The number of aromatic nitrogens is 2. The number of halogens is 1. The molecule has 0 unspecified atom stereocenters. The van der Waals surface area contributed by atoms with Gasteiger partial charge in [0.2, 0.25) is 5.91 Å². The molecule has 1 amide bonds. The van der Waals surface area contributed by atoms with Gasteiger partial charge in [-0.15, -0.1) is 0 Å². The van der Waals surface area contributed by atoms with Crippen LogP contribution in [0, 0.1) is 18.7 Å². The first kappa shape index (κ1) is 21.0. The van der Waals surface area contributed by atoms with Gasteiger partial charge in [-0.1, -0.05) is 37.7 Å². The molecule has 152 valence electrons. The number of amides is 1. The molecular weight excluding hydrogens is 389 g/mol. The van der Waals surface area contributed by atoms with Crippen LogP contribution in [0.1, 0.15) is 25.8 Å². The van der Waals surface area contributed by atoms with Gasteiger partial charge in [0, 0.05) is 12.2 Å². The fourth-order valence-corrected chi connectivity index (χ4v) is 3.75.